The van der Waals surface area contributed by atoms with E-state index in [2.05, 4.69) is 4.99 Å². The van der Waals surface area contributed by atoms with E-state index in [9.17, 15) is 0 Å². The third-order valence-electron chi connectivity index (χ3n) is 2.13. The quantitative estimate of drug-likeness (QED) is 0.600. The molecule has 0 aliphatic carbocycles. The van der Waals surface area contributed by atoms with Gasteiger partial charge in [0, 0.05) is 12.1 Å². The van der Waals surface area contributed by atoms with E-state index in [1.807, 2.05) is 31.4 Å². The van der Waals surface area contributed by atoms with Gasteiger partial charge < -0.3 is 16.2 Å². The number of nitrogens with zero attached hydrogens (tertiary/aromatic N) is 1. The van der Waals surface area contributed by atoms with Gasteiger partial charge in [0.1, 0.15) is 11.6 Å². The first-order valence-corrected chi connectivity index (χ1v) is 6.88. The predicted octanol–water partition coefficient (Wildman–Crippen LogP) is 1.90. The smallest absolute Gasteiger partial charge is 0.123 e. The molecule has 0 unspecified atom stereocenters. The maximum absolute atomic E-state index is 5.77. The van der Waals surface area contributed by atoms with Crippen LogP contribution in [0, 0.1) is 0 Å². The molecule has 1 aromatic carbocycles. The number of benzene rings is 1. The Kier molecular flexibility index (Phi) is 5.86. The average molecular weight is 253 g/mol. The number of aliphatic imine (C=N–C) groups is 1. The molecule has 17 heavy (non-hydrogen) atoms. The van der Waals surface area contributed by atoms with Crippen molar-refractivity contribution in [2.24, 2.45) is 16.5 Å². The molecule has 0 amide bonds. The minimum Gasteiger partial charge on any atom is -0.494 e. The van der Waals surface area contributed by atoms with Gasteiger partial charge in [0.2, 0.25) is 0 Å². The first-order chi connectivity index (χ1) is 8.21. The zero-order valence-electron chi connectivity index (χ0n) is 10.3. The maximum Gasteiger partial charge on any atom is 0.123 e. The van der Waals surface area contributed by atoms with E-state index in [0.29, 0.717) is 19.0 Å². The molecule has 0 heterocycles. The first kappa shape index (κ1) is 13.9. The summed E-state index contributed by atoms with van der Waals surface area (Å²) in [6.07, 6.45) is 1.99. The van der Waals surface area contributed by atoms with Crippen molar-refractivity contribution in [3.8, 4) is 5.75 Å². The van der Waals surface area contributed by atoms with Gasteiger partial charge in [-0.05, 0) is 31.4 Å². The van der Waals surface area contributed by atoms with Gasteiger partial charge in [-0.15, -0.1) is 0 Å². The molecule has 5 heteroatoms. The van der Waals surface area contributed by atoms with Crippen LogP contribution in [-0.4, -0.2) is 24.5 Å². The fourth-order valence-corrected chi connectivity index (χ4v) is 1.80. The van der Waals surface area contributed by atoms with Gasteiger partial charge in [0.05, 0.1) is 18.0 Å². The summed E-state index contributed by atoms with van der Waals surface area (Å²) in [5, 5.41) is 0. The van der Waals surface area contributed by atoms with Crippen molar-refractivity contribution in [1.82, 2.24) is 0 Å². The van der Waals surface area contributed by atoms with Crippen molar-refractivity contribution in [1.29, 1.82) is 0 Å². The Labute approximate surface area is 106 Å². The van der Waals surface area contributed by atoms with E-state index >= 15 is 0 Å². The number of ether oxygens (including phenoxy) is 1. The van der Waals surface area contributed by atoms with E-state index in [0.717, 1.165) is 22.8 Å². The molecular formula is C12H19N3OS. The van der Waals surface area contributed by atoms with Crippen molar-refractivity contribution in [3.63, 3.8) is 0 Å². The Morgan fingerprint density at radius 2 is 2.24 bits per heavy atom. The summed E-state index contributed by atoms with van der Waals surface area (Å²) in [6.45, 7) is 3.01. The molecular weight excluding hydrogens is 234 g/mol. The second-order valence-corrected chi connectivity index (χ2v) is 4.33. The number of thioether (sulfide) groups is 1. The van der Waals surface area contributed by atoms with Crippen LogP contribution in [0.5, 0.6) is 5.75 Å². The van der Waals surface area contributed by atoms with Crippen LogP contribution in [0.25, 0.3) is 0 Å². The normalized spacial score (nSPS) is 11.6. The highest BCUT2D eigenvalue weighted by molar-refractivity contribution is 7.99. The second-order valence-electron chi connectivity index (χ2n) is 3.47. The Morgan fingerprint density at radius 1 is 1.47 bits per heavy atom. The van der Waals surface area contributed by atoms with Crippen LogP contribution in [0.1, 0.15) is 12.5 Å². The fraction of sp³-hybridized carbons (Fsp3) is 0.417. The largest absolute Gasteiger partial charge is 0.494 e. The lowest BCUT2D eigenvalue weighted by molar-refractivity contribution is 0.336. The molecule has 0 bridgehead atoms. The minimum atomic E-state index is 0.432. The van der Waals surface area contributed by atoms with Crippen LogP contribution in [0.2, 0.25) is 0 Å². The van der Waals surface area contributed by atoms with Crippen molar-refractivity contribution in [2.45, 2.75) is 13.5 Å². The average Bonchev–Trinajstić information content (AvgIpc) is 2.31. The summed E-state index contributed by atoms with van der Waals surface area (Å²) in [7, 11) is 0. The highest BCUT2D eigenvalue weighted by atomic mass is 32.2. The third-order valence-corrected chi connectivity index (χ3v) is 2.71. The number of amidine groups is 1. The van der Waals surface area contributed by atoms with E-state index in [1.165, 1.54) is 0 Å². The van der Waals surface area contributed by atoms with Gasteiger partial charge >= 0.3 is 0 Å². The Hall–Kier alpha value is -1.20. The minimum absolute atomic E-state index is 0.432. The Morgan fingerprint density at radius 3 is 2.82 bits per heavy atom. The van der Waals surface area contributed by atoms with Gasteiger partial charge in [0.25, 0.3) is 0 Å². The molecule has 0 saturated carbocycles. The number of hydrogen-bond donors (Lipinski definition) is 2. The van der Waals surface area contributed by atoms with Crippen molar-refractivity contribution in [3.05, 3.63) is 23.8 Å². The van der Waals surface area contributed by atoms with Crippen molar-refractivity contribution < 1.29 is 4.74 Å². The monoisotopic (exact) mass is 253 g/mol. The zero-order valence-corrected chi connectivity index (χ0v) is 11.1. The molecule has 0 aliphatic rings. The molecule has 1 aromatic rings. The molecule has 0 saturated heterocycles. The molecule has 0 fully saturated rings. The van der Waals surface area contributed by atoms with Crippen LogP contribution in [-0.2, 0) is 6.54 Å². The highest BCUT2D eigenvalue weighted by Crippen LogP contribution is 2.24. The maximum atomic E-state index is 5.77. The molecule has 1 rings (SSSR count). The number of nitrogens with two attached hydrogens (primary N) is 2. The molecule has 4 N–H and O–H groups in total. The highest BCUT2D eigenvalue weighted by Gasteiger charge is 2.03. The second kappa shape index (κ2) is 7.19. The van der Waals surface area contributed by atoms with Gasteiger partial charge in [-0.2, -0.15) is 11.8 Å². The lowest BCUT2D eigenvalue weighted by atomic mass is 10.2. The van der Waals surface area contributed by atoms with Crippen molar-refractivity contribution in [2.75, 3.05) is 18.6 Å². The number of rotatable bonds is 6. The Balaban J connectivity index is 2.92. The summed E-state index contributed by atoms with van der Waals surface area (Å²) in [5.74, 6) is 2.16. The molecule has 4 nitrogen and oxygen atoms in total. The van der Waals surface area contributed by atoms with Crippen molar-refractivity contribution >= 4 is 23.3 Å². The Bertz CT molecular complexity index is 393. The van der Waals surface area contributed by atoms with E-state index in [-0.39, 0.29) is 0 Å². The summed E-state index contributed by atoms with van der Waals surface area (Å²) in [4.78, 5) is 4.32. The molecule has 0 spiro atoms. The number of hydrogen-bond acceptors (Lipinski definition) is 4. The molecule has 0 aliphatic heterocycles. The van der Waals surface area contributed by atoms with E-state index in [4.69, 9.17) is 16.2 Å². The topological polar surface area (TPSA) is 73.6 Å². The lowest BCUT2D eigenvalue weighted by Gasteiger charge is -2.09. The van der Waals surface area contributed by atoms with Gasteiger partial charge in [-0.3, -0.25) is 0 Å². The molecule has 0 aromatic heterocycles. The molecule has 94 valence electrons. The summed E-state index contributed by atoms with van der Waals surface area (Å²) >= 11 is 1.65. The van der Waals surface area contributed by atoms with Crippen LogP contribution in [0.15, 0.2) is 23.2 Å². The standard InChI is InChI=1S/C12H19N3OS/c1-3-16-11-5-4-10(6-9(11)7-13)15-12(14)8-17-2/h4-6H,3,7-8,13H2,1-2H3,(H2,14,15). The zero-order chi connectivity index (χ0) is 12.7. The predicted molar refractivity (Wildman–Crippen MR) is 75.2 cm³/mol. The fourth-order valence-electron chi connectivity index (χ4n) is 1.44. The van der Waals surface area contributed by atoms with Crippen LogP contribution >= 0.6 is 11.8 Å². The van der Waals surface area contributed by atoms with E-state index < -0.39 is 0 Å². The van der Waals surface area contributed by atoms with Crippen LogP contribution in [0.3, 0.4) is 0 Å². The molecule has 0 atom stereocenters. The van der Waals surface area contributed by atoms with Crippen LogP contribution < -0.4 is 16.2 Å². The summed E-state index contributed by atoms with van der Waals surface area (Å²) in [5.41, 5.74) is 13.2. The van der Waals surface area contributed by atoms with Gasteiger partial charge in [0.15, 0.2) is 0 Å². The lowest BCUT2D eigenvalue weighted by Crippen LogP contribution is -2.13. The van der Waals surface area contributed by atoms with E-state index in [1.54, 1.807) is 11.8 Å². The van der Waals surface area contributed by atoms with Gasteiger partial charge in [-0.1, -0.05) is 0 Å². The summed E-state index contributed by atoms with van der Waals surface area (Å²) in [6, 6.07) is 5.69. The third kappa shape index (κ3) is 4.28. The SMILES string of the molecule is CCOc1ccc(N=C(N)CSC)cc1CN. The first-order valence-electron chi connectivity index (χ1n) is 5.49. The summed E-state index contributed by atoms with van der Waals surface area (Å²) < 4.78 is 5.47. The van der Waals surface area contributed by atoms with Gasteiger partial charge in [-0.25, -0.2) is 4.99 Å². The van der Waals surface area contributed by atoms with Crippen LogP contribution in [0.4, 0.5) is 5.69 Å². The molecule has 0 radical (unpaired) electrons.